The molecule has 1 aromatic heterocycles. The van der Waals surface area contributed by atoms with Crippen molar-refractivity contribution in [2.24, 2.45) is 4.99 Å². The van der Waals surface area contributed by atoms with Gasteiger partial charge in [0.1, 0.15) is 5.76 Å². The van der Waals surface area contributed by atoms with Gasteiger partial charge in [-0.2, -0.15) is 0 Å². The van der Waals surface area contributed by atoms with E-state index < -0.39 is 0 Å². The number of imide groups is 1. The number of piperazine rings is 1. The second kappa shape index (κ2) is 8.98. The van der Waals surface area contributed by atoms with E-state index in [9.17, 15) is 9.59 Å². The molecule has 1 aromatic rings. The average molecular weight is 376 g/mol. The maximum Gasteiger partial charge on any atom is 0.229 e. The van der Waals surface area contributed by atoms with Gasteiger partial charge >= 0.3 is 0 Å². The minimum absolute atomic E-state index is 0.0697. The summed E-state index contributed by atoms with van der Waals surface area (Å²) in [6.07, 6.45) is 1.60. The topological polar surface area (TPSA) is 94.3 Å². The fourth-order valence-electron chi connectivity index (χ4n) is 3.50. The molecule has 0 atom stereocenters. The Morgan fingerprint density at radius 3 is 2.52 bits per heavy atom. The molecule has 3 heterocycles. The number of guanidine groups is 1. The highest BCUT2D eigenvalue weighted by Crippen LogP contribution is 2.12. The van der Waals surface area contributed by atoms with E-state index in [4.69, 9.17) is 4.52 Å². The van der Waals surface area contributed by atoms with Crippen LogP contribution in [0.1, 0.15) is 30.7 Å². The van der Waals surface area contributed by atoms with Gasteiger partial charge in [0.05, 0.1) is 5.69 Å². The molecule has 3 rings (SSSR count). The van der Waals surface area contributed by atoms with Crippen LogP contribution < -0.4 is 5.32 Å². The highest BCUT2D eigenvalue weighted by atomic mass is 16.5. The van der Waals surface area contributed by atoms with Crippen molar-refractivity contribution in [2.75, 3.05) is 46.3 Å². The third-order valence-corrected chi connectivity index (χ3v) is 4.95. The lowest BCUT2D eigenvalue weighted by Crippen LogP contribution is -2.53. The van der Waals surface area contributed by atoms with E-state index in [1.807, 2.05) is 13.0 Å². The van der Waals surface area contributed by atoms with Crippen molar-refractivity contribution in [2.45, 2.75) is 32.7 Å². The number of piperidine rings is 1. The van der Waals surface area contributed by atoms with Crippen LogP contribution in [-0.2, 0) is 16.1 Å². The summed E-state index contributed by atoms with van der Waals surface area (Å²) >= 11 is 0. The van der Waals surface area contributed by atoms with E-state index in [1.54, 1.807) is 7.05 Å². The van der Waals surface area contributed by atoms with Crippen molar-refractivity contribution < 1.29 is 14.1 Å². The second-order valence-corrected chi connectivity index (χ2v) is 6.96. The van der Waals surface area contributed by atoms with Gasteiger partial charge in [0.25, 0.3) is 0 Å². The zero-order valence-corrected chi connectivity index (χ0v) is 16.1. The van der Waals surface area contributed by atoms with Crippen molar-refractivity contribution in [1.29, 1.82) is 0 Å². The fraction of sp³-hybridized carbons (Fsp3) is 0.667. The number of nitrogens with one attached hydrogen (secondary N) is 1. The molecular weight excluding hydrogens is 348 g/mol. The number of carbonyl (C=O) groups is 2. The number of aryl methyl sites for hydroxylation is 1. The molecule has 0 aromatic carbocycles. The SMILES string of the molecule is CN=C(NCCN1C(=O)CCCC1=O)N1CCN(Cc2cc(C)on2)CC1. The lowest BCUT2D eigenvalue weighted by atomic mass is 10.1. The summed E-state index contributed by atoms with van der Waals surface area (Å²) in [6.45, 7) is 7.14. The molecule has 0 spiro atoms. The zero-order chi connectivity index (χ0) is 19.2. The van der Waals surface area contributed by atoms with E-state index in [2.05, 4.69) is 25.3 Å². The van der Waals surface area contributed by atoms with Crippen molar-refractivity contribution in [3.05, 3.63) is 17.5 Å². The van der Waals surface area contributed by atoms with E-state index >= 15 is 0 Å². The van der Waals surface area contributed by atoms with Crippen LogP contribution in [0.3, 0.4) is 0 Å². The van der Waals surface area contributed by atoms with E-state index in [-0.39, 0.29) is 11.8 Å². The van der Waals surface area contributed by atoms with Crippen molar-refractivity contribution in [3.63, 3.8) is 0 Å². The summed E-state index contributed by atoms with van der Waals surface area (Å²) in [6, 6.07) is 1.97. The smallest absolute Gasteiger partial charge is 0.229 e. The highest BCUT2D eigenvalue weighted by molar-refractivity contribution is 5.97. The Morgan fingerprint density at radius 1 is 1.22 bits per heavy atom. The third-order valence-electron chi connectivity index (χ3n) is 4.95. The lowest BCUT2D eigenvalue weighted by molar-refractivity contribution is -0.147. The summed E-state index contributed by atoms with van der Waals surface area (Å²) in [7, 11) is 1.75. The van der Waals surface area contributed by atoms with Crippen LogP contribution in [0.15, 0.2) is 15.6 Å². The van der Waals surface area contributed by atoms with Crippen molar-refractivity contribution in [3.8, 4) is 0 Å². The fourth-order valence-corrected chi connectivity index (χ4v) is 3.50. The van der Waals surface area contributed by atoms with Crippen LogP contribution >= 0.6 is 0 Å². The minimum atomic E-state index is -0.0697. The van der Waals surface area contributed by atoms with Gasteiger partial charge in [-0.05, 0) is 13.3 Å². The normalized spacial score (nSPS) is 19.7. The minimum Gasteiger partial charge on any atom is -0.361 e. The molecule has 9 nitrogen and oxygen atoms in total. The molecule has 0 aliphatic carbocycles. The van der Waals surface area contributed by atoms with Crippen LogP contribution in [-0.4, -0.2) is 83.9 Å². The van der Waals surface area contributed by atoms with Gasteiger partial charge in [-0.1, -0.05) is 5.16 Å². The number of aromatic nitrogens is 1. The molecule has 0 radical (unpaired) electrons. The predicted octanol–water partition coefficient (Wildman–Crippen LogP) is 0.215. The molecule has 2 fully saturated rings. The van der Waals surface area contributed by atoms with Crippen molar-refractivity contribution >= 4 is 17.8 Å². The van der Waals surface area contributed by atoms with Gasteiger partial charge in [0.15, 0.2) is 5.96 Å². The van der Waals surface area contributed by atoms with E-state index in [0.717, 1.165) is 50.1 Å². The Morgan fingerprint density at radius 2 is 1.93 bits per heavy atom. The summed E-state index contributed by atoms with van der Waals surface area (Å²) in [4.78, 5) is 34.0. The standard InChI is InChI=1S/C18H28N6O3/c1-14-12-15(21-27-14)13-22-8-10-23(11-9-22)18(19-2)20-6-7-24-16(25)4-3-5-17(24)26/h12H,3-11,13H2,1-2H3,(H,19,20). The summed E-state index contributed by atoms with van der Waals surface area (Å²) in [5.74, 6) is 1.50. The van der Waals surface area contributed by atoms with Crippen LogP contribution in [0.4, 0.5) is 0 Å². The largest absolute Gasteiger partial charge is 0.361 e. The monoisotopic (exact) mass is 376 g/mol. The first-order chi connectivity index (χ1) is 13.1. The molecule has 9 heteroatoms. The molecule has 27 heavy (non-hydrogen) atoms. The number of likely N-dealkylation sites (tertiary alicyclic amines) is 1. The first kappa shape index (κ1) is 19.3. The van der Waals surface area contributed by atoms with Crippen LogP contribution in [0.5, 0.6) is 0 Å². The number of hydrogen-bond donors (Lipinski definition) is 1. The van der Waals surface area contributed by atoms with Gasteiger partial charge in [0.2, 0.25) is 11.8 Å². The Balaban J connectivity index is 1.42. The number of hydrogen-bond acceptors (Lipinski definition) is 6. The lowest BCUT2D eigenvalue weighted by Gasteiger charge is -2.36. The number of amides is 2. The van der Waals surface area contributed by atoms with E-state index in [1.165, 1.54) is 4.90 Å². The first-order valence-corrected chi connectivity index (χ1v) is 9.50. The number of rotatable bonds is 5. The molecule has 2 aliphatic rings. The van der Waals surface area contributed by atoms with Gasteiger partial charge in [-0.25, -0.2) is 0 Å². The Hall–Kier alpha value is -2.42. The zero-order valence-electron chi connectivity index (χ0n) is 16.1. The average Bonchev–Trinajstić information content (AvgIpc) is 3.06. The van der Waals surface area contributed by atoms with Crippen LogP contribution in [0.2, 0.25) is 0 Å². The molecule has 0 unspecified atom stereocenters. The van der Waals surface area contributed by atoms with Crippen molar-refractivity contribution in [1.82, 2.24) is 25.2 Å². The number of carbonyl (C=O) groups excluding carboxylic acids is 2. The molecule has 2 saturated heterocycles. The van der Waals surface area contributed by atoms with Crippen LogP contribution in [0.25, 0.3) is 0 Å². The summed E-state index contributed by atoms with van der Waals surface area (Å²) in [5.41, 5.74) is 0.958. The highest BCUT2D eigenvalue weighted by Gasteiger charge is 2.26. The van der Waals surface area contributed by atoms with E-state index in [0.29, 0.717) is 32.4 Å². The second-order valence-electron chi connectivity index (χ2n) is 6.96. The number of aliphatic imine (C=N–C) groups is 1. The van der Waals surface area contributed by atoms with Gasteiger partial charge in [-0.15, -0.1) is 0 Å². The van der Waals surface area contributed by atoms with Gasteiger partial charge < -0.3 is 14.7 Å². The molecule has 0 bridgehead atoms. The number of nitrogens with zero attached hydrogens (tertiary/aromatic N) is 5. The molecule has 1 N–H and O–H groups in total. The maximum absolute atomic E-state index is 11.9. The van der Waals surface area contributed by atoms with Gasteiger partial charge in [-0.3, -0.25) is 24.4 Å². The maximum atomic E-state index is 11.9. The molecule has 0 saturated carbocycles. The summed E-state index contributed by atoms with van der Waals surface area (Å²) < 4.78 is 5.12. The summed E-state index contributed by atoms with van der Waals surface area (Å²) in [5, 5.41) is 7.33. The molecule has 2 aliphatic heterocycles. The quantitative estimate of drug-likeness (QED) is 0.446. The third kappa shape index (κ3) is 5.06. The molecular formula is C18H28N6O3. The predicted molar refractivity (Wildman–Crippen MR) is 100 cm³/mol. The Kier molecular flexibility index (Phi) is 6.44. The Labute approximate surface area is 159 Å². The van der Waals surface area contributed by atoms with Crippen LogP contribution in [0, 0.1) is 6.92 Å². The molecule has 148 valence electrons. The Bertz CT molecular complexity index is 677. The molecule has 2 amide bonds. The van der Waals surface area contributed by atoms with Gasteiger partial charge in [0, 0.05) is 71.8 Å². The first-order valence-electron chi connectivity index (χ1n) is 9.50.